The molecule has 30 heavy (non-hydrogen) atoms. The fourth-order valence-corrected chi connectivity index (χ4v) is 3.98. The molecular formula is C22H18N4O3S. The van der Waals surface area contributed by atoms with Gasteiger partial charge >= 0.3 is 0 Å². The number of pyridine rings is 1. The molecule has 0 bridgehead atoms. The zero-order valence-electron chi connectivity index (χ0n) is 16.2. The van der Waals surface area contributed by atoms with Crippen LogP contribution in [-0.4, -0.2) is 28.6 Å². The van der Waals surface area contributed by atoms with E-state index in [1.54, 1.807) is 55.8 Å². The fourth-order valence-electron chi connectivity index (χ4n) is 2.89. The number of carbonyl (C=O) groups is 1. The van der Waals surface area contributed by atoms with Gasteiger partial charge < -0.3 is 10.1 Å². The number of methoxy groups -OCH3 is 1. The van der Waals surface area contributed by atoms with E-state index in [-0.39, 0.29) is 21.8 Å². The Bertz CT molecular complexity index is 1300. The van der Waals surface area contributed by atoms with Crippen LogP contribution in [0, 0.1) is 11.3 Å². The van der Waals surface area contributed by atoms with E-state index in [1.165, 1.54) is 4.57 Å². The number of ether oxygens (including phenoxy) is 1. The molecular weight excluding hydrogens is 400 g/mol. The highest BCUT2D eigenvalue weighted by atomic mass is 32.1. The van der Waals surface area contributed by atoms with Crippen molar-refractivity contribution in [2.24, 2.45) is 0 Å². The molecule has 1 aliphatic carbocycles. The fraction of sp³-hybridized carbons (Fsp3) is 0.182. The van der Waals surface area contributed by atoms with Gasteiger partial charge in [0.05, 0.1) is 23.0 Å². The van der Waals surface area contributed by atoms with Crippen LogP contribution in [0.25, 0.3) is 17.3 Å². The molecule has 1 amide bonds. The predicted octanol–water partition coefficient (Wildman–Crippen LogP) is 1.08. The second-order valence-corrected chi connectivity index (χ2v) is 7.77. The molecule has 4 rings (SSSR count). The van der Waals surface area contributed by atoms with Gasteiger partial charge in [-0.3, -0.25) is 19.1 Å². The third-order valence-electron chi connectivity index (χ3n) is 4.59. The van der Waals surface area contributed by atoms with Gasteiger partial charge in [-0.15, -0.1) is 11.3 Å². The summed E-state index contributed by atoms with van der Waals surface area (Å²) in [5, 5.41) is 12.6. The Balaban J connectivity index is 1.97. The Hall–Kier alpha value is -3.70. The summed E-state index contributed by atoms with van der Waals surface area (Å²) >= 11 is 1.10. The number of aromatic nitrogens is 2. The molecule has 1 saturated carbocycles. The molecule has 1 fully saturated rings. The Morgan fingerprint density at radius 3 is 2.67 bits per heavy atom. The maximum Gasteiger partial charge on any atom is 0.273 e. The average molecular weight is 418 g/mol. The standard InChI is InChI=1S/C22H18N4O3S/c1-29-17-9-7-16(8-10-17)26-21(28)19(12-15-4-2-3-11-24-15)30-22(26)18(13-23)20(27)25-14-5-6-14/h2-4,7-12,14H,5-6H2,1H3,(H,25,27)/b19-12-,22-18-. The number of nitrogens with zero attached hydrogens (tertiary/aromatic N) is 3. The summed E-state index contributed by atoms with van der Waals surface area (Å²) in [7, 11) is 1.56. The first-order valence-corrected chi connectivity index (χ1v) is 10.2. The summed E-state index contributed by atoms with van der Waals surface area (Å²) in [4.78, 5) is 30.2. The molecule has 0 atom stereocenters. The lowest BCUT2D eigenvalue weighted by Gasteiger charge is -2.06. The van der Waals surface area contributed by atoms with E-state index in [1.807, 2.05) is 12.1 Å². The number of hydrogen-bond donors (Lipinski definition) is 1. The van der Waals surface area contributed by atoms with E-state index in [4.69, 9.17) is 4.74 Å². The van der Waals surface area contributed by atoms with Crippen LogP contribution in [0.15, 0.2) is 53.5 Å². The SMILES string of the molecule is COc1ccc(-n2c(=O)/c(=C/c3ccccn3)s/c2=C(/C#N)C(=O)NC2CC2)cc1. The molecule has 150 valence electrons. The van der Waals surface area contributed by atoms with Crippen molar-refractivity contribution in [3.8, 4) is 17.5 Å². The van der Waals surface area contributed by atoms with Crippen LogP contribution in [0.2, 0.25) is 0 Å². The number of hydrogen-bond acceptors (Lipinski definition) is 6. The van der Waals surface area contributed by atoms with E-state index < -0.39 is 5.91 Å². The molecule has 0 unspecified atom stereocenters. The van der Waals surface area contributed by atoms with Crippen molar-refractivity contribution in [1.29, 1.82) is 5.26 Å². The number of thiazole rings is 1. The zero-order valence-corrected chi connectivity index (χ0v) is 17.0. The number of nitriles is 1. The molecule has 1 N–H and O–H groups in total. The van der Waals surface area contributed by atoms with E-state index in [0.717, 1.165) is 24.2 Å². The van der Waals surface area contributed by atoms with Crippen molar-refractivity contribution in [3.05, 3.63) is 73.9 Å². The van der Waals surface area contributed by atoms with Crippen LogP contribution in [0.5, 0.6) is 5.75 Å². The Labute approximate surface area is 176 Å². The van der Waals surface area contributed by atoms with E-state index in [0.29, 0.717) is 21.7 Å². The van der Waals surface area contributed by atoms with Crippen molar-refractivity contribution in [2.75, 3.05) is 7.11 Å². The Morgan fingerprint density at radius 1 is 1.30 bits per heavy atom. The molecule has 8 heteroatoms. The molecule has 7 nitrogen and oxygen atoms in total. The Morgan fingerprint density at radius 2 is 2.07 bits per heavy atom. The van der Waals surface area contributed by atoms with E-state index >= 15 is 0 Å². The second kappa shape index (κ2) is 8.35. The molecule has 3 aromatic rings. The lowest BCUT2D eigenvalue weighted by atomic mass is 10.2. The number of benzene rings is 1. The highest BCUT2D eigenvalue weighted by Crippen LogP contribution is 2.19. The number of carbonyl (C=O) groups excluding carboxylic acids is 1. The van der Waals surface area contributed by atoms with E-state index in [9.17, 15) is 14.9 Å². The minimum atomic E-state index is -0.465. The van der Waals surface area contributed by atoms with Gasteiger partial charge in [0.2, 0.25) is 0 Å². The number of nitrogens with one attached hydrogen (secondary N) is 1. The third-order valence-corrected chi connectivity index (χ3v) is 5.68. The molecule has 2 heterocycles. The Kier molecular flexibility index (Phi) is 5.46. The van der Waals surface area contributed by atoms with Gasteiger partial charge in [0.15, 0.2) is 5.57 Å². The normalized spacial score (nSPS) is 14.7. The van der Waals surface area contributed by atoms with Crippen LogP contribution in [0.3, 0.4) is 0 Å². The van der Waals surface area contributed by atoms with Gasteiger partial charge in [-0.25, -0.2) is 0 Å². The first-order valence-electron chi connectivity index (χ1n) is 9.35. The van der Waals surface area contributed by atoms with Gasteiger partial charge in [0, 0.05) is 12.2 Å². The van der Waals surface area contributed by atoms with Crippen molar-refractivity contribution >= 4 is 28.9 Å². The summed E-state index contributed by atoms with van der Waals surface area (Å²) in [6, 6.07) is 14.4. The summed E-state index contributed by atoms with van der Waals surface area (Å²) in [6.45, 7) is 0. The monoisotopic (exact) mass is 418 g/mol. The van der Waals surface area contributed by atoms with Crippen molar-refractivity contribution in [3.63, 3.8) is 0 Å². The van der Waals surface area contributed by atoms with Gasteiger partial charge in [-0.05, 0) is 55.3 Å². The predicted molar refractivity (Wildman–Crippen MR) is 114 cm³/mol. The minimum Gasteiger partial charge on any atom is -0.497 e. The molecule has 0 radical (unpaired) electrons. The quantitative estimate of drug-likeness (QED) is 0.669. The van der Waals surface area contributed by atoms with Gasteiger partial charge in [-0.2, -0.15) is 5.26 Å². The van der Waals surface area contributed by atoms with Gasteiger partial charge in [-0.1, -0.05) is 6.07 Å². The summed E-state index contributed by atoms with van der Waals surface area (Å²) < 4.78 is 7.25. The smallest absolute Gasteiger partial charge is 0.273 e. The topological polar surface area (TPSA) is 97.0 Å². The van der Waals surface area contributed by atoms with Crippen LogP contribution in [0.1, 0.15) is 18.5 Å². The number of rotatable bonds is 5. The summed E-state index contributed by atoms with van der Waals surface area (Å²) in [5.41, 5.74) is 0.753. The molecule has 1 aliphatic rings. The highest BCUT2D eigenvalue weighted by molar-refractivity contribution is 7.07. The van der Waals surface area contributed by atoms with Crippen molar-refractivity contribution < 1.29 is 9.53 Å². The van der Waals surface area contributed by atoms with Crippen LogP contribution in [-0.2, 0) is 4.79 Å². The van der Waals surface area contributed by atoms with Gasteiger partial charge in [0.1, 0.15) is 16.5 Å². The molecule has 1 aromatic carbocycles. The third kappa shape index (κ3) is 4.02. The lowest BCUT2D eigenvalue weighted by Crippen LogP contribution is -2.34. The van der Waals surface area contributed by atoms with Gasteiger partial charge in [0.25, 0.3) is 11.5 Å². The first kappa shape index (κ1) is 19.6. The molecule has 0 saturated heterocycles. The number of amides is 1. The first-order chi connectivity index (χ1) is 14.6. The zero-order chi connectivity index (χ0) is 21.1. The van der Waals surface area contributed by atoms with Crippen molar-refractivity contribution in [1.82, 2.24) is 14.9 Å². The van der Waals surface area contributed by atoms with Crippen LogP contribution < -0.4 is 24.8 Å². The highest BCUT2D eigenvalue weighted by Gasteiger charge is 2.26. The van der Waals surface area contributed by atoms with Crippen molar-refractivity contribution in [2.45, 2.75) is 18.9 Å². The molecule has 0 aliphatic heterocycles. The maximum atomic E-state index is 13.3. The van der Waals surface area contributed by atoms with Crippen LogP contribution in [0.4, 0.5) is 0 Å². The summed E-state index contributed by atoms with van der Waals surface area (Å²) in [5.74, 6) is 0.174. The second-order valence-electron chi connectivity index (χ2n) is 6.74. The molecule has 2 aromatic heterocycles. The largest absolute Gasteiger partial charge is 0.497 e. The lowest BCUT2D eigenvalue weighted by molar-refractivity contribution is -0.115. The maximum absolute atomic E-state index is 13.3. The van der Waals surface area contributed by atoms with E-state index in [2.05, 4.69) is 10.3 Å². The minimum absolute atomic E-state index is 0.0829. The summed E-state index contributed by atoms with van der Waals surface area (Å²) in [6.07, 6.45) is 5.10. The molecule has 0 spiro atoms. The van der Waals surface area contributed by atoms with Crippen LogP contribution >= 0.6 is 11.3 Å². The average Bonchev–Trinajstić information content (AvgIpc) is 3.53.